The van der Waals surface area contributed by atoms with Crippen molar-refractivity contribution in [1.29, 1.82) is 0 Å². The zero-order chi connectivity index (χ0) is 15.0. The van der Waals surface area contributed by atoms with Crippen molar-refractivity contribution in [2.45, 2.75) is 19.4 Å². The summed E-state index contributed by atoms with van der Waals surface area (Å²) in [4.78, 5) is 26.1. The lowest BCUT2D eigenvalue weighted by molar-refractivity contribution is -0.127. The summed E-state index contributed by atoms with van der Waals surface area (Å²) in [5.74, 6) is 1.09. The number of amides is 1. The molecule has 110 valence electrons. The fraction of sp³-hybridized carbons (Fsp3) is 0.385. The number of pyridine rings is 1. The van der Waals surface area contributed by atoms with Crippen LogP contribution in [0.25, 0.3) is 10.9 Å². The molecule has 0 radical (unpaired) electrons. The first-order valence-electron chi connectivity index (χ1n) is 6.63. The second-order valence-electron chi connectivity index (χ2n) is 5.04. The molecule has 3 N–H and O–H groups in total. The zero-order valence-corrected chi connectivity index (χ0v) is 13.7. The summed E-state index contributed by atoms with van der Waals surface area (Å²) in [5, 5.41) is 4.04. The average Bonchev–Trinajstić information content (AvgIpc) is 2.92. The van der Waals surface area contributed by atoms with E-state index in [2.05, 4.69) is 42.9 Å². The van der Waals surface area contributed by atoms with Crippen molar-refractivity contribution in [2.24, 2.45) is 0 Å². The fourth-order valence-corrected chi connectivity index (χ4v) is 2.97. The molecule has 1 fully saturated rings. The third-order valence-corrected chi connectivity index (χ3v) is 4.36. The Morgan fingerprint density at radius 3 is 3.00 bits per heavy atom. The first-order chi connectivity index (χ1) is 10.0. The number of hydrogen-bond donors (Lipinski definition) is 2. The predicted octanol–water partition coefficient (Wildman–Crippen LogP) is 1.24. The Hall–Kier alpha value is -1.71. The molecule has 8 heteroatoms. The molecule has 0 unspecified atom stereocenters. The number of rotatable bonds is 2. The van der Waals surface area contributed by atoms with E-state index in [4.69, 9.17) is 5.73 Å². The number of nitrogens with zero attached hydrogens (tertiary/aromatic N) is 4. The topological polar surface area (TPSA) is 97.0 Å². The van der Waals surface area contributed by atoms with E-state index in [9.17, 15) is 4.79 Å². The molecule has 3 heterocycles. The number of halogens is 1. The molecule has 21 heavy (non-hydrogen) atoms. The molecule has 3 rings (SSSR count). The van der Waals surface area contributed by atoms with E-state index in [0.717, 1.165) is 27.4 Å². The van der Waals surface area contributed by atoms with Gasteiger partial charge in [0, 0.05) is 38.4 Å². The summed E-state index contributed by atoms with van der Waals surface area (Å²) in [6.07, 6.45) is 4.28. The lowest BCUT2D eigenvalue weighted by Gasteiger charge is -2.15. The van der Waals surface area contributed by atoms with Crippen molar-refractivity contribution in [3.8, 4) is 0 Å². The number of hydrogen-bond acceptors (Lipinski definition) is 6. The van der Waals surface area contributed by atoms with E-state index in [1.165, 1.54) is 0 Å². The molecule has 7 nitrogen and oxygen atoms in total. The molecule has 1 atom stereocenters. The van der Waals surface area contributed by atoms with Crippen molar-refractivity contribution in [3.63, 3.8) is 0 Å². The van der Waals surface area contributed by atoms with E-state index >= 15 is 0 Å². The Labute approximate surface area is 135 Å². The molecular weight excluding hydrogens is 383 g/mol. The molecule has 0 spiro atoms. The largest absolute Gasteiger partial charge is 0.383 e. The molecule has 0 saturated carbocycles. The van der Waals surface area contributed by atoms with Crippen LogP contribution in [-0.2, 0) is 4.79 Å². The van der Waals surface area contributed by atoms with Crippen LogP contribution in [0.3, 0.4) is 0 Å². The maximum atomic E-state index is 11.3. The van der Waals surface area contributed by atoms with Crippen LogP contribution in [0.15, 0.2) is 12.4 Å². The van der Waals surface area contributed by atoms with E-state index in [1.807, 2.05) is 4.90 Å². The highest BCUT2D eigenvalue weighted by Gasteiger charge is 2.24. The SMILES string of the molecule is CC(=O)N1CC[C@H](Nc2ncc3c(N)ncc(I)c3n2)C1. The van der Waals surface area contributed by atoms with Gasteiger partial charge in [0.2, 0.25) is 11.9 Å². The minimum atomic E-state index is 0.104. The monoisotopic (exact) mass is 398 g/mol. The van der Waals surface area contributed by atoms with Crippen LogP contribution in [0.2, 0.25) is 0 Å². The molecule has 0 bridgehead atoms. The number of fused-ring (bicyclic) bond motifs is 1. The fourth-order valence-electron chi connectivity index (χ4n) is 2.42. The van der Waals surface area contributed by atoms with Gasteiger partial charge in [0.25, 0.3) is 0 Å². The third kappa shape index (κ3) is 2.85. The number of carbonyl (C=O) groups excluding carboxylic acids is 1. The van der Waals surface area contributed by atoms with Crippen molar-refractivity contribution in [1.82, 2.24) is 19.9 Å². The minimum absolute atomic E-state index is 0.104. The van der Waals surface area contributed by atoms with Gasteiger partial charge in [0.15, 0.2) is 0 Å². The predicted molar refractivity (Wildman–Crippen MR) is 88.7 cm³/mol. The average molecular weight is 398 g/mol. The van der Waals surface area contributed by atoms with Gasteiger partial charge < -0.3 is 16.0 Å². The second-order valence-corrected chi connectivity index (χ2v) is 6.20. The van der Waals surface area contributed by atoms with Crippen molar-refractivity contribution >= 4 is 51.2 Å². The molecule has 1 aliphatic rings. The first kappa shape index (κ1) is 14.2. The Morgan fingerprint density at radius 1 is 1.48 bits per heavy atom. The van der Waals surface area contributed by atoms with Gasteiger partial charge in [-0.1, -0.05) is 0 Å². The number of nitrogen functional groups attached to an aromatic ring is 1. The molecule has 1 saturated heterocycles. The molecule has 2 aromatic heterocycles. The zero-order valence-electron chi connectivity index (χ0n) is 11.5. The molecule has 1 amide bonds. The molecular formula is C13H15IN6O. The Balaban J connectivity index is 1.82. The lowest BCUT2D eigenvalue weighted by Crippen LogP contribution is -2.30. The van der Waals surface area contributed by atoms with Crippen LogP contribution in [0, 0.1) is 3.57 Å². The van der Waals surface area contributed by atoms with Crippen molar-refractivity contribution in [2.75, 3.05) is 24.1 Å². The van der Waals surface area contributed by atoms with Crippen molar-refractivity contribution < 1.29 is 4.79 Å². The highest BCUT2D eigenvalue weighted by atomic mass is 127. The summed E-state index contributed by atoms with van der Waals surface area (Å²) < 4.78 is 0.930. The summed E-state index contributed by atoms with van der Waals surface area (Å²) in [7, 11) is 0. The first-order valence-corrected chi connectivity index (χ1v) is 7.71. The van der Waals surface area contributed by atoms with Crippen LogP contribution in [-0.4, -0.2) is 44.9 Å². The number of anilines is 2. The van der Waals surface area contributed by atoms with Gasteiger partial charge in [-0.3, -0.25) is 4.79 Å². The molecule has 0 aromatic carbocycles. The number of aromatic nitrogens is 3. The quantitative estimate of drug-likeness (QED) is 0.740. The van der Waals surface area contributed by atoms with Crippen molar-refractivity contribution in [3.05, 3.63) is 16.0 Å². The summed E-state index contributed by atoms with van der Waals surface area (Å²) in [5.41, 5.74) is 6.62. The lowest BCUT2D eigenvalue weighted by atomic mass is 10.2. The number of carbonyl (C=O) groups is 1. The van der Waals surface area contributed by atoms with Gasteiger partial charge >= 0.3 is 0 Å². The highest BCUT2D eigenvalue weighted by molar-refractivity contribution is 14.1. The molecule has 0 aliphatic carbocycles. The second kappa shape index (κ2) is 5.58. The third-order valence-electron chi connectivity index (χ3n) is 3.57. The van der Waals surface area contributed by atoms with Gasteiger partial charge in [-0.05, 0) is 29.0 Å². The van der Waals surface area contributed by atoms with E-state index < -0.39 is 0 Å². The minimum Gasteiger partial charge on any atom is -0.383 e. The van der Waals surface area contributed by atoms with E-state index in [0.29, 0.717) is 18.3 Å². The van der Waals surface area contributed by atoms with Crippen LogP contribution in [0.5, 0.6) is 0 Å². The van der Waals surface area contributed by atoms with E-state index in [1.54, 1.807) is 19.3 Å². The van der Waals surface area contributed by atoms with Gasteiger partial charge in [-0.25, -0.2) is 15.0 Å². The summed E-state index contributed by atoms with van der Waals surface area (Å²) in [6.45, 7) is 3.05. The van der Waals surface area contributed by atoms with Gasteiger partial charge in [-0.15, -0.1) is 0 Å². The maximum absolute atomic E-state index is 11.3. The highest BCUT2D eigenvalue weighted by Crippen LogP contribution is 2.23. The standard InChI is InChI=1S/C13H15IN6O/c1-7(21)20-3-2-8(6-20)18-13-17-4-9-11(19-13)10(14)5-16-12(9)15/h4-5,8H,2-3,6H2,1H3,(H2,15,16)(H,17,18,19)/t8-/m0/s1. The molecule has 2 aromatic rings. The number of nitrogens with one attached hydrogen (secondary N) is 1. The summed E-state index contributed by atoms with van der Waals surface area (Å²) in [6, 6.07) is 0.184. The Bertz CT molecular complexity index is 706. The maximum Gasteiger partial charge on any atom is 0.223 e. The Morgan fingerprint density at radius 2 is 2.29 bits per heavy atom. The van der Waals surface area contributed by atoms with Gasteiger partial charge in [0.1, 0.15) is 5.82 Å². The normalized spacial score (nSPS) is 18.2. The van der Waals surface area contributed by atoms with Crippen LogP contribution in [0.1, 0.15) is 13.3 Å². The number of likely N-dealkylation sites (tertiary alicyclic amines) is 1. The Kier molecular flexibility index (Phi) is 3.79. The molecule has 1 aliphatic heterocycles. The van der Waals surface area contributed by atoms with Gasteiger partial charge in [0.05, 0.1) is 14.5 Å². The van der Waals surface area contributed by atoms with Crippen LogP contribution in [0.4, 0.5) is 11.8 Å². The number of nitrogens with two attached hydrogens (primary N) is 1. The van der Waals surface area contributed by atoms with Crippen LogP contribution >= 0.6 is 22.6 Å². The van der Waals surface area contributed by atoms with Gasteiger partial charge in [-0.2, -0.15) is 0 Å². The summed E-state index contributed by atoms with van der Waals surface area (Å²) >= 11 is 2.18. The van der Waals surface area contributed by atoms with Crippen LogP contribution < -0.4 is 11.1 Å². The smallest absolute Gasteiger partial charge is 0.223 e. The van der Waals surface area contributed by atoms with E-state index in [-0.39, 0.29) is 11.9 Å².